The molecule has 4 nitrogen and oxygen atoms in total. The Hall–Kier alpha value is -0.680. The molecule has 0 rings (SSSR count). The number of nitrogens with two attached hydrogens (primary N) is 2. The van der Waals surface area contributed by atoms with Gasteiger partial charge < -0.3 is 21.3 Å². The highest BCUT2D eigenvalue weighted by molar-refractivity contribution is 4.82. The molecular formula is C46H94N4. The zero-order valence-electron chi connectivity index (χ0n) is 34.6. The van der Waals surface area contributed by atoms with E-state index in [1.807, 2.05) is 0 Å². The van der Waals surface area contributed by atoms with Crippen molar-refractivity contribution in [1.29, 1.82) is 0 Å². The lowest BCUT2D eigenvalue weighted by Crippen LogP contribution is -2.38. The lowest BCUT2D eigenvalue weighted by Gasteiger charge is -2.28. The summed E-state index contributed by atoms with van der Waals surface area (Å²) in [7, 11) is 0. The van der Waals surface area contributed by atoms with Crippen LogP contribution in [0.4, 0.5) is 0 Å². The summed E-state index contributed by atoms with van der Waals surface area (Å²) in [5.74, 6) is 0. The van der Waals surface area contributed by atoms with Crippen molar-refractivity contribution < 1.29 is 0 Å². The predicted molar refractivity (Wildman–Crippen MR) is 228 cm³/mol. The van der Waals surface area contributed by atoms with Crippen LogP contribution in [0.5, 0.6) is 0 Å². The van der Waals surface area contributed by atoms with E-state index in [9.17, 15) is 0 Å². The molecule has 0 saturated carbocycles. The quantitative estimate of drug-likeness (QED) is 0.0490. The van der Waals surface area contributed by atoms with Gasteiger partial charge in [-0.25, -0.2) is 0 Å². The van der Waals surface area contributed by atoms with Crippen LogP contribution < -0.4 is 11.5 Å². The monoisotopic (exact) mass is 703 g/mol. The van der Waals surface area contributed by atoms with Gasteiger partial charge >= 0.3 is 0 Å². The van der Waals surface area contributed by atoms with Crippen LogP contribution in [-0.2, 0) is 0 Å². The number of allylic oxidation sites excluding steroid dienone is 4. The van der Waals surface area contributed by atoms with Gasteiger partial charge in [-0.1, -0.05) is 167 Å². The predicted octanol–water partition coefficient (Wildman–Crippen LogP) is 13.1. The average molecular weight is 703 g/mol. The Morgan fingerprint density at radius 2 is 0.520 bits per heavy atom. The SMILES string of the molecule is CCCCCCCCCC=CCCCCCCCCN(CCCN)CCN(CCCN)CCCCCCCCC=CCCCCCCCCC. The number of nitrogens with zero attached hydrogens (tertiary/aromatic N) is 2. The molecule has 0 aliphatic heterocycles. The summed E-state index contributed by atoms with van der Waals surface area (Å²) < 4.78 is 0. The Kier molecular flexibility index (Phi) is 43.9. The largest absolute Gasteiger partial charge is 0.330 e. The Balaban J connectivity index is 3.91. The number of hydrogen-bond donors (Lipinski definition) is 2. The van der Waals surface area contributed by atoms with Crippen LogP contribution in [0.25, 0.3) is 0 Å². The molecule has 0 saturated heterocycles. The van der Waals surface area contributed by atoms with E-state index in [2.05, 4.69) is 48.0 Å². The topological polar surface area (TPSA) is 58.5 Å². The van der Waals surface area contributed by atoms with E-state index in [1.54, 1.807) is 0 Å². The molecule has 0 fully saturated rings. The zero-order chi connectivity index (χ0) is 36.3. The molecule has 0 aliphatic carbocycles. The van der Waals surface area contributed by atoms with Crippen LogP contribution in [0.3, 0.4) is 0 Å². The van der Waals surface area contributed by atoms with E-state index in [4.69, 9.17) is 11.5 Å². The molecule has 0 amide bonds. The van der Waals surface area contributed by atoms with E-state index < -0.39 is 0 Å². The molecule has 298 valence electrons. The minimum absolute atomic E-state index is 0.802. The van der Waals surface area contributed by atoms with Crippen LogP contribution in [0.1, 0.15) is 219 Å². The maximum Gasteiger partial charge on any atom is 0.0109 e. The summed E-state index contributed by atoms with van der Waals surface area (Å²) in [5.41, 5.74) is 11.8. The lowest BCUT2D eigenvalue weighted by atomic mass is 10.1. The fourth-order valence-corrected chi connectivity index (χ4v) is 7.10. The lowest BCUT2D eigenvalue weighted by molar-refractivity contribution is 0.196. The standard InChI is InChI=1S/C46H94N4/c1-3-5-7-9-11-13-15-17-19-21-23-25-27-29-31-33-35-41-49(43-37-39-47)45-46-50(44-38-40-48)42-36-34-32-30-28-26-24-22-20-18-16-14-12-10-8-6-4-2/h19-22H,3-18,23-48H2,1-2H3. The Bertz CT molecular complexity index is 607. The van der Waals surface area contributed by atoms with Crippen LogP contribution >= 0.6 is 0 Å². The van der Waals surface area contributed by atoms with Gasteiger partial charge in [0.1, 0.15) is 0 Å². The second kappa shape index (κ2) is 44.5. The van der Waals surface area contributed by atoms with Crippen LogP contribution in [-0.4, -0.2) is 62.2 Å². The first-order valence-corrected chi connectivity index (χ1v) is 22.9. The van der Waals surface area contributed by atoms with Gasteiger partial charge in [-0.15, -0.1) is 0 Å². The van der Waals surface area contributed by atoms with Crippen molar-refractivity contribution in [3.8, 4) is 0 Å². The third-order valence-electron chi connectivity index (χ3n) is 10.6. The van der Waals surface area contributed by atoms with Gasteiger partial charge in [0.2, 0.25) is 0 Å². The smallest absolute Gasteiger partial charge is 0.0109 e. The highest BCUT2D eigenvalue weighted by atomic mass is 15.2. The molecule has 0 heterocycles. The minimum atomic E-state index is 0.802. The van der Waals surface area contributed by atoms with E-state index in [-0.39, 0.29) is 0 Å². The Morgan fingerprint density at radius 1 is 0.280 bits per heavy atom. The van der Waals surface area contributed by atoms with E-state index in [0.717, 1.165) is 39.0 Å². The van der Waals surface area contributed by atoms with Crippen molar-refractivity contribution in [1.82, 2.24) is 9.80 Å². The maximum atomic E-state index is 5.91. The van der Waals surface area contributed by atoms with Crippen LogP contribution in [0.2, 0.25) is 0 Å². The normalized spacial score (nSPS) is 12.2. The Morgan fingerprint density at radius 3 is 0.800 bits per heavy atom. The molecule has 0 unspecified atom stereocenters. The first-order valence-electron chi connectivity index (χ1n) is 22.9. The van der Waals surface area contributed by atoms with Gasteiger partial charge in [-0.05, 0) is 116 Å². The summed E-state index contributed by atoms with van der Waals surface area (Å²) in [4.78, 5) is 5.39. The molecule has 4 N–H and O–H groups in total. The van der Waals surface area contributed by atoms with Gasteiger partial charge in [0, 0.05) is 13.1 Å². The highest BCUT2D eigenvalue weighted by Gasteiger charge is 2.09. The zero-order valence-corrected chi connectivity index (χ0v) is 34.6. The maximum absolute atomic E-state index is 5.91. The molecule has 0 spiro atoms. The van der Waals surface area contributed by atoms with Crippen molar-refractivity contribution in [2.45, 2.75) is 219 Å². The number of hydrogen-bond acceptors (Lipinski definition) is 4. The Labute approximate surface area is 316 Å². The van der Waals surface area contributed by atoms with Crippen molar-refractivity contribution in [3.05, 3.63) is 24.3 Å². The summed E-state index contributed by atoms with van der Waals surface area (Å²) in [6, 6.07) is 0. The molecule has 50 heavy (non-hydrogen) atoms. The van der Waals surface area contributed by atoms with Crippen LogP contribution in [0.15, 0.2) is 24.3 Å². The molecule has 0 aromatic carbocycles. The van der Waals surface area contributed by atoms with E-state index >= 15 is 0 Å². The fraction of sp³-hybridized carbons (Fsp3) is 0.913. The van der Waals surface area contributed by atoms with E-state index in [1.165, 1.54) is 219 Å². The summed E-state index contributed by atoms with van der Waals surface area (Å²) in [6.07, 6.45) is 53.4. The first kappa shape index (κ1) is 49.3. The second-order valence-electron chi connectivity index (χ2n) is 15.6. The highest BCUT2D eigenvalue weighted by Crippen LogP contribution is 2.13. The molecule has 0 bridgehead atoms. The third kappa shape index (κ3) is 40.1. The van der Waals surface area contributed by atoms with Crippen LogP contribution in [0, 0.1) is 0 Å². The molecule has 0 aliphatic rings. The summed E-state index contributed by atoms with van der Waals surface area (Å²) >= 11 is 0. The van der Waals surface area contributed by atoms with E-state index in [0.29, 0.717) is 0 Å². The molecule has 0 aromatic rings. The number of unbranched alkanes of at least 4 members (excludes halogenated alkanes) is 26. The van der Waals surface area contributed by atoms with Gasteiger partial charge in [0.05, 0.1) is 0 Å². The molecule has 0 atom stereocenters. The molecule has 4 heteroatoms. The summed E-state index contributed by atoms with van der Waals surface area (Å²) in [6.45, 7) is 13.3. The van der Waals surface area contributed by atoms with Gasteiger partial charge in [0.25, 0.3) is 0 Å². The molecular weight excluding hydrogens is 609 g/mol. The molecule has 0 radical (unpaired) electrons. The second-order valence-corrected chi connectivity index (χ2v) is 15.6. The minimum Gasteiger partial charge on any atom is -0.330 e. The summed E-state index contributed by atoms with van der Waals surface area (Å²) in [5, 5.41) is 0. The third-order valence-corrected chi connectivity index (χ3v) is 10.6. The average Bonchev–Trinajstić information content (AvgIpc) is 3.13. The van der Waals surface area contributed by atoms with Crippen molar-refractivity contribution in [3.63, 3.8) is 0 Å². The van der Waals surface area contributed by atoms with Crippen molar-refractivity contribution >= 4 is 0 Å². The van der Waals surface area contributed by atoms with Gasteiger partial charge in [0.15, 0.2) is 0 Å². The van der Waals surface area contributed by atoms with Gasteiger partial charge in [-0.3, -0.25) is 0 Å². The first-order chi connectivity index (χ1) is 24.8. The molecule has 0 aromatic heterocycles. The fourth-order valence-electron chi connectivity index (χ4n) is 7.10. The number of rotatable bonds is 43. The van der Waals surface area contributed by atoms with Crippen molar-refractivity contribution in [2.75, 3.05) is 52.4 Å². The van der Waals surface area contributed by atoms with Crippen molar-refractivity contribution in [2.24, 2.45) is 11.5 Å². The van der Waals surface area contributed by atoms with Gasteiger partial charge in [-0.2, -0.15) is 0 Å².